The number of rotatable bonds is 8. The number of sulfonamides is 1. The summed E-state index contributed by atoms with van der Waals surface area (Å²) in [6, 6.07) is 3.86. The predicted octanol–water partition coefficient (Wildman–Crippen LogP) is 4.07. The van der Waals surface area contributed by atoms with E-state index >= 15 is 0 Å². The van der Waals surface area contributed by atoms with Gasteiger partial charge in [-0.15, -0.1) is 0 Å². The average Bonchev–Trinajstić information content (AvgIpc) is 2.84. The Balaban J connectivity index is 2.06. The maximum absolute atomic E-state index is 13.7. The average molecular weight is 628 g/mol. The highest BCUT2D eigenvalue weighted by Crippen LogP contribution is 2.51. The number of hydrogen-bond acceptors (Lipinski definition) is 5. The molecule has 0 bridgehead atoms. The molecule has 0 saturated carbocycles. The number of nitrogens with one attached hydrogen (secondary N) is 2. The fourth-order valence-electron chi connectivity index (χ4n) is 4.71. The van der Waals surface area contributed by atoms with Gasteiger partial charge in [0.1, 0.15) is 5.82 Å². The van der Waals surface area contributed by atoms with Crippen molar-refractivity contribution < 1.29 is 53.8 Å². The zero-order valence-electron chi connectivity index (χ0n) is 22.5. The lowest BCUT2D eigenvalue weighted by Crippen LogP contribution is -2.54. The molecule has 1 aliphatic heterocycles. The number of amides is 2. The zero-order chi connectivity index (χ0) is 31.9. The first-order valence-corrected chi connectivity index (χ1v) is 13.9. The van der Waals surface area contributed by atoms with Crippen LogP contribution in [-0.4, -0.2) is 55.8 Å². The molecular formula is C26H28F7N3O5S. The van der Waals surface area contributed by atoms with Crippen LogP contribution in [0.1, 0.15) is 44.7 Å². The molecule has 42 heavy (non-hydrogen) atoms. The molecule has 0 aliphatic carbocycles. The van der Waals surface area contributed by atoms with Crippen LogP contribution in [0.25, 0.3) is 0 Å². The van der Waals surface area contributed by atoms with Gasteiger partial charge in [-0.2, -0.15) is 26.3 Å². The van der Waals surface area contributed by atoms with Crippen molar-refractivity contribution in [1.82, 2.24) is 10.6 Å². The molecule has 1 atom stereocenters. The number of carbonyl (C=O) groups excluding carboxylic acids is 2. The lowest BCUT2D eigenvalue weighted by atomic mass is 9.87. The normalized spacial score (nSPS) is 16.5. The molecule has 16 heteroatoms. The summed E-state index contributed by atoms with van der Waals surface area (Å²) in [4.78, 5) is 23.8. The van der Waals surface area contributed by atoms with Crippen molar-refractivity contribution in [1.29, 1.82) is 0 Å². The Morgan fingerprint density at radius 1 is 1.00 bits per heavy atom. The quantitative estimate of drug-likeness (QED) is 0.382. The van der Waals surface area contributed by atoms with E-state index in [4.69, 9.17) is 0 Å². The van der Waals surface area contributed by atoms with Crippen molar-refractivity contribution in [3.8, 4) is 0 Å². The van der Waals surface area contributed by atoms with Crippen LogP contribution in [-0.2, 0) is 31.6 Å². The van der Waals surface area contributed by atoms with Gasteiger partial charge < -0.3 is 15.7 Å². The van der Waals surface area contributed by atoms with E-state index in [0.29, 0.717) is 22.5 Å². The van der Waals surface area contributed by atoms with Gasteiger partial charge in [-0.05, 0) is 62.6 Å². The maximum Gasteiger partial charge on any atom is 0.430 e. The summed E-state index contributed by atoms with van der Waals surface area (Å²) in [6.45, 7) is 4.47. The summed E-state index contributed by atoms with van der Waals surface area (Å²) in [5, 5.41) is 15.0. The minimum atomic E-state index is -6.15. The second-order valence-electron chi connectivity index (χ2n) is 10.5. The van der Waals surface area contributed by atoms with Crippen LogP contribution in [0.4, 0.5) is 36.4 Å². The third-order valence-electron chi connectivity index (χ3n) is 6.67. The number of aryl methyl sites for hydroxylation is 1. The summed E-state index contributed by atoms with van der Waals surface area (Å²) in [5.74, 6) is -1.78. The van der Waals surface area contributed by atoms with Crippen LogP contribution in [0.2, 0.25) is 0 Å². The Hall–Kier alpha value is -3.40. The molecule has 3 N–H and O–H groups in total. The number of carbonyl (C=O) groups is 2. The Morgan fingerprint density at radius 3 is 2.10 bits per heavy atom. The van der Waals surface area contributed by atoms with Crippen molar-refractivity contribution in [3.05, 3.63) is 59.4 Å². The molecule has 2 amide bonds. The first-order chi connectivity index (χ1) is 19.1. The summed E-state index contributed by atoms with van der Waals surface area (Å²) < 4.78 is 123. The molecule has 0 radical (unpaired) electrons. The standard InChI is InChI=1S/C26H28F7N3O5S/c1-15(37)35-23(2,3)14-34-22(38)13-19-8-4-16-12-17(24(39,25(28,29)30)26(31,32)33)5-11-21(16)36(19)42(40,41)20-9-6-18(27)7-10-20/h5-7,9-12,19,39H,4,8,13-14H2,1-3H3,(H,34,38)(H,35,37). The molecule has 0 saturated heterocycles. The minimum Gasteiger partial charge on any atom is -0.369 e. The number of halogens is 7. The molecule has 2 aromatic carbocycles. The Morgan fingerprint density at radius 2 is 1.57 bits per heavy atom. The summed E-state index contributed by atoms with van der Waals surface area (Å²) >= 11 is 0. The molecule has 0 aromatic heterocycles. The molecule has 1 aliphatic rings. The molecule has 2 aromatic rings. The SMILES string of the molecule is CC(=O)NC(C)(C)CNC(=O)CC1CCc2cc(C(O)(C(F)(F)F)C(F)(F)F)ccc2N1S(=O)(=O)c1ccc(F)cc1. The first kappa shape index (κ1) is 33.1. The van der Waals surface area contributed by atoms with E-state index in [9.17, 15) is 53.8 Å². The lowest BCUT2D eigenvalue weighted by Gasteiger charge is -2.39. The van der Waals surface area contributed by atoms with Crippen LogP contribution < -0.4 is 14.9 Å². The Kier molecular flexibility index (Phi) is 8.95. The second-order valence-corrected chi connectivity index (χ2v) is 12.4. The summed E-state index contributed by atoms with van der Waals surface area (Å²) in [7, 11) is -4.63. The van der Waals surface area contributed by atoms with Crippen LogP contribution in [0, 0.1) is 5.82 Å². The van der Waals surface area contributed by atoms with Crippen LogP contribution >= 0.6 is 0 Å². The fourth-order valence-corrected chi connectivity index (χ4v) is 6.42. The molecule has 232 valence electrons. The van der Waals surface area contributed by atoms with Crippen LogP contribution in [0.5, 0.6) is 0 Å². The van der Waals surface area contributed by atoms with E-state index in [1.54, 1.807) is 13.8 Å². The van der Waals surface area contributed by atoms with E-state index in [0.717, 1.165) is 24.3 Å². The smallest absolute Gasteiger partial charge is 0.369 e. The topological polar surface area (TPSA) is 116 Å². The van der Waals surface area contributed by atoms with Crippen molar-refractivity contribution in [3.63, 3.8) is 0 Å². The molecule has 1 heterocycles. The monoisotopic (exact) mass is 627 g/mol. The second kappa shape index (κ2) is 11.4. The minimum absolute atomic E-state index is 0.0454. The number of nitrogens with zero attached hydrogens (tertiary/aromatic N) is 1. The van der Waals surface area contributed by atoms with Gasteiger partial charge in [-0.3, -0.25) is 13.9 Å². The van der Waals surface area contributed by atoms with Gasteiger partial charge in [0, 0.05) is 25.5 Å². The van der Waals surface area contributed by atoms with Gasteiger partial charge in [0.05, 0.1) is 22.2 Å². The van der Waals surface area contributed by atoms with E-state index < -0.39 is 68.2 Å². The number of aliphatic hydroxyl groups is 1. The van der Waals surface area contributed by atoms with Gasteiger partial charge in [0.2, 0.25) is 11.8 Å². The van der Waals surface area contributed by atoms with Crippen LogP contribution in [0.15, 0.2) is 47.4 Å². The van der Waals surface area contributed by atoms with Gasteiger partial charge >= 0.3 is 12.4 Å². The predicted molar refractivity (Wildman–Crippen MR) is 136 cm³/mol. The maximum atomic E-state index is 13.7. The summed E-state index contributed by atoms with van der Waals surface area (Å²) in [6.07, 6.45) is -13.2. The van der Waals surface area contributed by atoms with E-state index in [2.05, 4.69) is 10.6 Å². The van der Waals surface area contributed by atoms with Gasteiger partial charge in [-0.1, -0.05) is 12.1 Å². The zero-order valence-corrected chi connectivity index (χ0v) is 23.3. The largest absolute Gasteiger partial charge is 0.430 e. The number of benzene rings is 2. The van der Waals surface area contributed by atoms with E-state index in [1.165, 1.54) is 6.92 Å². The van der Waals surface area contributed by atoms with E-state index in [1.807, 2.05) is 0 Å². The number of alkyl halides is 6. The highest BCUT2D eigenvalue weighted by atomic mass is 32.2. The number of fused-ring (bicyclic) bond motifs is 1. The third-order valence-corrected chi connectivity index (χ3v) is 8.55. The van der Waals surface area contributed by atoms with Gasteiger partial charge in [-0.25, -0.2) is 12.8 Å². The first-order valence-electron chi connectivity index (χ1n) is 12.4. The fraction of sp³-hybridized carbons (Fsp3) is 0.462. The Labute approximate surface area is 236 Å². The highest BCUT2D eigenvalue weighted by Gasteiger charge is 2.71. The van der Waals surface area contributed by atoms with Crippen molar-refractivity contribution >= 4 is 27.5 Å². The Bertz CT molecular complexity index is 1430. The highest BCUT2D eigenvalue weighted by molar-refractivity contribution is 7.92. The van der Waals surface area contributed by atoms with Gasteiger partial charge in [0.25, 0.3) is 15.6 Å². The number of hydrogen-bond donors (Lipinski definition) is 3. The van der Waals surface area contributed by atoms with E-state index in [-0.39, 0.29) is 36.5 Å². The molecular weight excluding hydrogens is 599 g/mol. The molecule has 0 fully saturated rings. The summed E-state index contributed by atoms with van der Waals surface area (Å²) in [5.41, 5.74) is -8.22. The lowest BCUT2D eigenvalue weighted by molar-refractivity contribution is -0.376. The molecule has 8 nitrogen and oxygen atoms in total. The third kappa shape index (κ3) is 6.64. The number of anilines is 1. The van der Waals surface area contributed by atoms with Crippen molar-refractivity contribution in [2.75, 3.05) is 10.8 Å². The van der Waals surface area contributed by atoms with Crippen molar-refractivity contribution in [2.24, 2.45) is 0 Å². The molecule has 1 unspecified atom stereocenters. The van der Waals surface area contributed by atoms with Crippen molar-refractivity contribution in [2.45, 2.75) is 74.5 Å². The van der Waals surface area contributed by atoms with Gasteiger partial charge in [0.15, 0.2) is 0 Å². The molecule has 3 rings (SSSR count). The molecule has 0 spiro atoms. The van der Waals surface area contributed by atoms with Crippen LogP contribution in [0.3, 0.4) is 0 Å².